The van der Waals surface area contributed by atoms with Crippen LogP contribution in [0.2, 0.25) is 0 Å². The molecule has 0 bridgehead atoms. The molecule has 0 N–H and O–H groups in total. The van der Waals surface area contributed by atoms with Gasteiger partial charge in [0, 0.05) is 11.5 Å². The van der Waals surface area contributed by atoms with E-state index in [1.165, 1.54) is 30.4 Å². The van der Waals surface area contributed by atoms with Gasteiger partial charge in [-0.25, -0.2) is 0 Å². The number of ketones is 1. The summed E-state index contributed by atoms with van der Waals surface area (Å²) in [5.74, 6) is 0.542. The molecular weight excluding hydrogens is 208 g/mol. The maximum atomic E-state index is 12.3. The molecule has 0 unspecified atom stereocenters. The van der Waals surface area contributed by atoms with Gasteiger partial charge in [-0.1, -0.05) is 26.0 Å². The van der Waals surface area contributed by atoms with Crippen molar-refractivity contribution in [2.75, 3.05) is 0 Å². The fraction of sp³-hybridized carbons (Fsp3) is 0.562. The van der Waals surface area contributed by atoms with Crippen LogP contribution in [0.1, 0.15) is 61.0 Å². The zero-order chi connectivity index (χ0) is 12.3. The van der Waals surface area contributed by atoms with Crippen LogP contribution in [0.4, 0.5) is 0 Å². The van der Waals surface area contributed by atoms with Crippen molar-refractivity contribution in [2.45, 2.75) is 52.4 Å². The van der Waals surface area contributed by atoms with Crippen molar-refractivity contribution in [3.05, 3.63) is 34.9 Å². The molecule has 92 valence electrons. The van der Waals surface area contributed by atoms with Gasteiger partial charge < -0.3 is 0 Å². The standard InChI is InChI=1S/C16H22O/c1-3-12(4-2)16(17)15-10-9-13-7-5-6-8-14(13)11-15/h9-12H,3-8H2,1-2H3. The van der Waals surface area contributed by atoms with E-state index in [0.717, 1.165) is 24.8 Å². The van der Waals surface area contributed by atoms with Crippen LogP contribution < -0.4 is 0 Å². The van der Waals surface area contributed by atoms with Gasteiger partial charge >= 0.3 is 0 Å². The average molecular weight is 230 g/mol. The van der Waals surface area contributed by atoms with E-state index >= 15 is 0 Å². The first kappa shape index (κ1) is 12.3. The Morgan fingerprint density at radius 1 is 1.12 bits per heavy atom. The third-order valence-electron chi connectivity index (χ3n) is 3.99. The van der Waals surface area contributed by atoms with E-state index in [-0.39, 0.29) is 5.92 Å². The number of aryl methyl sites for hydroxylation is 2. The third kappa shape index (κ3) is 2.59. The van der Waals surface area contributed by atoms with Crippen molar-refractivity contribution < 1.29 is 4.79 Å². The summed E-state index contributed by atoms with van der Waals surface area (Å²) in [6.45, 7) is 4.20. The SMILES string of the molecule is CCC(CC)C(=O)c1ccc2c(c1)CCCC2. The van der Waals surface area contributed by atoms with Crippen molar-refractivity contribution in [1.82, 2.24) is 0 Å². The van der Waals surface area contributed by atoms with Gasteiger partial charge in [0.25, 0.3) is 0 Å². The molecule has 1 aromatic rings. The summed E-state index contributed by atoms with van der Waals surface area (Å²) >= 11 is 0. The Balaban J connectivity index is 2.24. The minimum absolute atomic E-state index is 0.205. The monoisotopic (exact) mass is 230 g/mol. The van der Waals surface area contributed by atoms with E-state index in [0.29, 0.717) is 5.78 Å². The number of Topliss-reactive ketones (excluding diaryl/α,β-unsaturated/α-hetero) is 1. The highest BCUT2D eigenvalue weighted by molar-refractivity contribution is 5.98. The molecule has 1 nitrogen and oxygen atoms in total. The van der Waals surface area contributed by atoms with Crippen LogP contribution in [0.25, 0.3) is 0 Å². The van der Waals surface area contributed by atoms with E-state index in [4.69, 9.17) is 0 Å². The Kier molecular flexibility index (Phi) is 3.98. The summed E-state index contributed by atoms with van der Waals surface area (Å²) in [4.78, 5) is 12.3. The fourth-order valence-corrected chi connectivity index (χ4v) is 2.78. The molecule has 0 saturated heterocycles. The summed E-state index contributed by atoms with van der Waals surface area (Å²) in [7, 11) is 0. The average Bonchev–Trinajstić information content (AvgIpc) is 2.39. The molecular formula is C16H22O. The lowest BCUT2D eigenvalue weighted by Crippen LogP contribution is -2.14. The number of carbonyl (C=O) groups is 1. The molecule has 0 fully saturated rings. The van der Waals surface area contributed by atoms with Crippen LogP contribution in [0, 0.1) is 5.92 Å². The third-order valence-corrected chi connectivity index (χ3v) is 3.99. The highest BCUT2D eigenvalue weighted by atomic mass is 16.1. The van der Waals surface area contributed by atoms with Crippen LogP contribution in [-0.2, 0) is 12.8 Å². The maximum absolute atomic E-state index is 12.3. The lowest BCUT2D eigenvalue weighted by molar-refractivity contribution is 0.0913. The van der Waals surface area contributed by atoms with Crippen LogP contribution in [0.5, 0.6) is 0 Å². The second-order valence-corrected chi connectivity index (χ2v) is 5.07. The van der Waals surface area contributed by atoms with Gasteiger partial charge in [0.2, 0.25) is 0 Å². The highest BCUT2D eigenvalue weighted by Gasteiger charge is 2.18. The normalized spacial score (nSPS) is 14.8. The maximum Gasteiger partial charge on any atom is 0.165 e. The lowest BCUT2D eigenvalue weighted by Gasteiger charge is -2.17. The van der Waals surface area contributed by atoms with Crippen molar-refractivity contribution >= 4 is 5.78 Å². The van der Waals surface area contributed by atoms with Gasteiger partial charge in [0.1, 0.15) is 0 Å². The van der Waals surface area contributed by atoms with Gasteiger partial charge in [0.05, 0.1) is 0 Å². The van der Waals surface area contributed by atoms with Crippen molar-refractivity contribution in [3.63, 3.8) is 0 Å². The number of hydrogen-bond donors (Lipinski definition) is 0. The van der Waals surface area contributed by atoms with E-state index in [1.54, 1.807) is 0 Å². The first-order valence-corrected chi connectivity index (χ1v) is 6.92. The Hall–Kier alpha value is -1.11. The molecule has 1 aliphatic rings. The van der Waals surface area contributed by atoms with Gasteiger partial charge in [-0.15, -0.1) is 0 Å². The zero-order valence-electron chi connectivity index (χ0n) is 11.0. The van der Waals surface area contributed by atoms with Crippen LogP contribution >= 0.6 is 0 Å². The fourth-order valence-electron chi connectivity index (χ4n) is 2.78. The molecule has 1 aliphatic carbocycles. The molecule has 1 heteroatoms. The number of fused-ring (bicyclic) bond motifs is 1. The molecule has 1 aromatic carbocycles. The second kappa shape index (κ2) is 5.48. The Bertz CT molecular complexity index is 402. The molecule has 0 saturated carbocycles. The number of carbonyl (C=O) groups excluding carboxylic acids is 1. The number of benzene rings is 1. The molecule has 0 radical (unpaired) electrons. The van der Waals surface area contributed by atoms with Gasteiger partial charge in [-0.05, 0) is 55.7 Å². The Morgan fingerprint density at radius 2 is 1.76 bits per heavy atom. The molecule has 2 rings (SSSR count). The zero-order valence-corrected chi connectivity index (χ0v) is 11.0. The molecule has 0 atom stereocenters. The molecule has 0 aromatic heterocycles. The van der Waals surface area contributed by atoms with E-state index in [2.05, 4.69) is 26.0 Å². The summed E-state index contributed by atoms with van der Waals surface area (Å²) in [6, 6.07) is 6.35. The smallest absolute Gasteiger partial charge is 0.165 e. The Labute approximate surface area is 104 Å². The van der Waals surface area contributed by atoms with E-state index in [1.807, 2.05) is 6.07 Å². The summed E-state index contributed by atoms with van der Waals surface area (Å²) in [5, 5.41) is 0. The first-order chi connectivity index (χ1) is 8.26. The minimum atomic E-state index is 0.205. The predicted molar refractivity (Wildman–Crippen MR) is 71.5 cm³/mol. The van der Waals surface area contributed by atoms with Gasteiger partial charge in [0.15, 0.2) is 5.78 Å². The van der Waals surface area contributed by atoms with Crippen molar-refractivity contribution in [3.8, 4) is 0 Å². The molecule has 0 amide bonds. The first-order valence-electron chi connectivity index (χ1n) is 6.92. The second-order valence-electron chi connectivity index (χ2n) is 5.07. The Morgan fingerprint density at radius 3 is 2.41 bits per heavy atom. The minimum Gasteiger partial charge on any atom is -0.294 e. The molecule has 0 heterocycles. The van der Waals surface area contributed by atoms with Crippen molar-refractivity contribution in [1.29, 1.82) is 0 Å². The quantitative estimate of drug-likeness (QED) is 0.709. The summed E-state index contributed by atoms with van der Waals surface area (Å²) < 4.78 is 0. The van der Waals surface area contributed by atoms with Crippen LogP contribution in [0.15, 0.2) is 18.2 Å². The number of rotatable bonds is 4. The van der Waals surface area contributed by atoms with Gasteiger partial charge in [-0.3, -0.25) is 4.79 Å². The lowest BCUT2D eigenvalue weighted by atomic mass is 9.87. The predicted octanol–water partition coefficient (Wildman–Crippen LogP) is 4.18. The van der Waals surface area contributed by atoms with Gasteiger partial charge in [-0.2, -0.15) is 0 Å². The molecule has 17 heavy (non-hydrogen) atoms. The van der Waals surface area contributed by atoms with Crippen LogP contribution in [0.3, 0.4) is 0 Å². The number of hydrogen-bond acceptors (Lipinski definition) is 1. The largest absolute Gasteiger partial charge is 0.294 e. The highest BCUT2D eigenvalue weighted by Crippen LogP contribution is 2.24. The van der Waals surface area contributed by atoms with E-state index < -0.39 is 0 Å². The topological polar surface area (TPSA) is 17.1 Å². The van der Waals surface area contributed by atoms with E-state index in [9.17, 15) is 4.79 Å². The van der Waals surface area contributed by atoms with Crippen molar-refractivity contribution in [2.24, 2.45) is 5.92 Å². The summed E-state index contributed by atoms with van der Waals surface area (Å²) in [6.07, 6.45) is 6.81. The van der Waals surface area contributed by atoms with Crippen LogP contribution in [-0.4, -0.2) is 5.78 Å². The molecule has 0 spiro atoms. The summed E-state index contributed by atoms with van der Waals surface area (Å²) in [5.41, 5.74) is 3.80. The molecule has 0 aliphatic heterocycles.